The van der Waals surface area contributed by atoms with E-state index in [9.17, 15) is 9.59 Å². The van der Waals surface area contributed by atoms with Gasteiger partial charge in [-0.3, -0.25) is 9.59 Å². The van der Waals surface area contributed by atoms with Crippen LogP contribution in [0.25, 0.3) is 0 Å². The van der Waals surface area contributed by atoms with Crippen LogP contribution in [0.2, 0.25) is 0 Å². The molecule has 1 aromatic heterocycles. The van der Waals surface area contributed by atoms with Gasteiger partial charge in [-0.1, -0.05) is 26.7 Å². The molecule has 1 saturated carbocycles. The van der Waals surface area contributed by atoms with Crippen LogP contribution >= 0.6 is 0 Å². The lowest BCUT2D eigenvalue weighted by molar-refractivity contribution is 0.000917. The third-order valence-electron chi connectivity index (χ3n) is 4.29. The highest BCUT2D eigenvalue weighted by molar-refractivity contribution is 5.91. The molecule has 1 N–H and O–H groups in total. The number of carbonyl (C=O) groups excluding carboxylic acids is 1. The van der Waals surface area contributed by atoms with Crippen LogP contribution in [0.15, 0.2) is 21.5 Å². The molecule has 6 nitrogen and oxygen atoms in total. The highest BCUT2D eigenvalue weighted by Crippen LogP contribution is 2.22. The lowest BCUT2D eigenvalue weighted by atomic mass is 9.92. The number of ether oxygens (including phenoxy) is 2. The molecule has 1 aliphatic carbocycles. The van der Waals surface area contributed by atoms with Gasteiger partial charge in [0, 0.05) is 12.7 Å². The number of methoxy groups -OCH3 is 1. The second-order valence-electron chi connectivity index (χ2n) is 6.63. The summed E-state index contributed by atoms with van der Waals surface area (Å²) in [6.45, 7) is 5.02. The van der Waals surface area contributed by atoms with Crippen molar-refractivity contribution >= 4 is 5.91 Å². The van der Waals surface area contributed by atoms with E-state index in [0.717, 1.165) is 44.4 Å². The maximum atomic E-state index is 12.4. The zero-order valence-corrected chi connectivity index (χ0v) is 14.7. The molecule has 0 aliphatic heterocycles. The molecule has 1 amide bonds. The minimum Gasteiger partial charge on any atom is -0.490 e. The van der Waals surface area contributed by atoms with Crippen LogP contribution in [0.3, 0.4) is 0 Å². The first-order chi connectivity index (χ1) is 11.5. The normalized spacial score (nSPS) is 20.8. The Balaban J connectivity index is 1.97. The van der Waals surface area contributed by atoms with Crippen molar-refractivity contribution in [2.75, 3.05) is 13.7 Å². The lowest BCUT2D eigenvalue weighted by Gasteiger charge is -2.32. The summed E-state index contributed by atoms with van der Waals surface area (Å²) < 4.78 is 16.0. The molecule has 0 radical (unpaired) electrons. The molecule has 24 heavy (non-hydrogen) atoms. The molecule has 2 atom stereocenters. The van der Waals surface area contributed by atoms with E-state index >= 15 is 0 Å². The Morgan fingerprint density at radius 1 is 1.38 bits per heavy atom. The fraction of sp³-hybridized carbons (Fsp3) is 0.667. The first kappa shape index (κ1) is 18.5. The van der Waals surface area contributed by atoms with Crippen molar-refractivity contribution in [3.8, 4) is 5.75 Å². The third kappa shape index (κ3) is 5.09. The SMILES string of the molecule is COc1coc(C(=O)N[C@@H]2CCCC[C@H]2OCCC(C)C)cc1=O. The Labute approximate surface area is 142 Å². The van der Waals surface area contributed by atoms with Gasteiger partial charge in [-0.15, -0.1) is 0 Å². The smallest absolute Gasteiger partial charge is 0.287 e. The van der Waals surface area contributed by atoms with Gasteiger partial charge >= 0.3 is 0 Å². The molecule has 0 saturated heterocycles. The summed E-state index contributed by atoms with van der Waals surface area (Å²) in [6, 6.07) is 1.11. The van der Waals surface area contributed by atoms with Gasteiger partial charge in [0.15, 0.2) is 5.76 Å². The molecular formula is C18H27NO5. The fourth-order valence-corrected chi connectivity index (χ4v) is 2.82. The monoisotopic (exact) mass is 337 g/mol. The minimum absolute atomic E-state index is 0.00713. The molecule has 1 aromatic rings. The van der Waals surface area contributed by atoms with E-state index in [-0.39, 0.29) is 35.0 Å². The maximum absolute atomic E-state index is 12.4. The van der Waals surface area contributed by atoms with Gasteiger partial charge in [0.25, 0.3) is 5.91 Å². The Morgan fingerprint density at radius 2 is 2.12 bits per heavy atom. The average Bonchev–Trinajstić information content (AvgIpc) is 2.56. The van der Waals surface area contributed by atoms with E-state index in [1.807, 2.05) is 0 Å². The number of hydrogen-bond acceptors (Lipinski definition) is 5. The fourth-order valence-electron chi connectivity index (χ4n) is 2.82. The molecular weight excluding hydrogens is 310 g/mol. The summed E-state index contributed by atoms with van der Waals surface area (Å²) in [5.74, 6) is 0.278. The second-order valence-corrected chi connectivity index (χ2v) is 6.63. The molecule has 1 fully saturated rings. The quantitative estimate of drug-likeness (QED) is 0.828. The number of rotatable bonds is 7. The van der Waals surface area contributed by atoms with Gasteiger partial charge in [-0.05, 0) is 25.2 Å². The molecule has 0 aromatic carbocycles. The van der Waals surface area contributed by atoms with Crippen LogP contribution in [-0.4, -0.2) is 31.8 Å². The van der Waals surface area contributed by atoms with Crippen molar-refractivity contribution in [1.82, 2.24) is 5.32 Å². The lowest BCUT2D eigenvalue weighted by Crippen LogP contribution is -2.46. The predicted molar refractivity (Wildman–Crippen MR) is 90.4 cm³/mol. The number of nitrogens with one attached hydrogen (secondary N) is 1. The first-order valence-corrected chi connectivity index (χ1v) is 8.60. The van der Waals surface area contributed by atoms with Crippen LogP contribution in [0.1, 0.15) is 56.5 Å². The van der Waals surface area contributed by atoms with E-state index in [1.165, 1.54) is 7.11 Å². The molecule has 2 rings (SSSR count). The number of amides is 1. The van der Waals surface area contributed by atoms with Gasteiger partial charge < -0.3 is 19.2 Å². The highest BCUT2D eigenvalue weighted by atomic mass is 16.5. The molecule has 134 valence electrons. The summed E-state index contributed by atoms with van der Waals surface area (Å²) in [6.07, 6.45) is 6.16. The molecule has 1 aliphatic rings. The Bertz CT molecular complexity index is 595. The Kier molecular flexibility index (Phi) is 6.85. The van der Waals surface area contributed by atoms with E-state index in [1.54, 1.807) is 0 Å². The average molecular weight is 337 g/mol. The predicted octanol–water partition coefficient (Wildman–Crippen LogP) is 2.75. The molecule has 0 bridgehead atoms. The van der Waals surface area contributed by atoms with E-state index < -0.39 is 0 Å². The zero-order chi connectivity index (χ0) is 17.5. The van der Waals surface area contributed by atoms with Crippen molar-refractivity contribution in [3.63, 3.8) is 0 Å². The van der Waals surface area contributed by atoms with Crippen LogP contribution in [0, 0.1) is 5.92 Å². The van der Waals surface area contributed by atoms with Crippen molar-refractivity contribution in [1.29, 1.82) is 0 Å². The van der Waals surface area contributed by atoms with Crippen LogP contribution < -0.4 is 15.5 Å². The van der Waals surface area contributed by atoms with Gasteiger partial charge in [-0.2, -0.15) is 0 Å². The Morgan fingerprint density at radius 3 is 2.79 bits per heavy atom. The summed E-state index contributed by atoms with van der Waals surface area (Å²) in [5, 5.41) is 2.95. The van der Waals surface area contributed by atoms with Crippen LogP contribution in [-0.2, 0) is 4.74 Å². The number of hydrogen-bond donors (Lipinski definition) is 1. The first-order valence-electron chi connectivity index (χ1n) is 8.60. The van der Waals surface area contributed by atoms with Crippen molar-refractivity contribution in [2.24, 2.45) is 5.92 Å². The van der Waals surface area contributed by atoms with E-state index in [2.05, 4.69) is 19.2 Å². The molecule has 1 heterocycles. The summed E-state index contributed by atoms with van der Waals surface area (Å²) in [7, 11) is 1.38. The standard InChI is InChI=1S/C18H27NO5/c1-12(2)8-9-23-15-7-5-4-6-13(15)19-18(21)16-10-14(20)17(22-3)11-24-16/h10-13,15H,4-9H2,1-3H3,(H,19,21)/t13-,15-/m1/s1. The third-order valence-corrected chi connectivity index (χ3v) is 4.29. The van der Waals surface area contributed by atoms with Crippen LogP contribution in [0.4, 0.5) is 0 Å². The summed E-state index contributed by atoms with van der Waals surface area (Å²) in [5.41, 5.74) is -0.373. The van der Waals surface area contributed by atoms with Crippen molar-refractivity contribution in [3.05, 3.63) is 28.3 Å². The summed E-state index contributed by atoms with van der Waals surface area (Å²) in [4.78, 5) is 24.1. The van der Waals surface area contributed by atoms with E-state index in [0.29, 0.717) is 12.5 Å². The van der Waals surface area contributed by atoms with Gasteiger partial charge in [0.1, 0.15) is 6.26 Å². The van der Waals surface area contributed by atoms with E-state index in [4.69, 9.17) is 13.9 Å². The van der Waals surface area contributed by atoms with Gasteiger partial charge in [0.05, 0.1) is 19.3 Å². The van der Waals surface area contributed by atoms with Crippen LogP contribution in [0.5, 0.6) is 5.75 Å². The van der Waals surface area contributed by atoms with Gasteiger partial charge in [-0.25, -0.2) is 0 Å². The van der Waals surface area contributed by atoms with Crippen molar-refractivity contribution < 1.29 is 18.7 Å². The second kappa shape index (κ2) is 8.87. The van der Waals surface area contributed by atoms with Gasteiger partial charge in [0.2, 0.25) is 11.2 Å². The Hall–Kier alpha value is -1.82. The largest absolute Gasteiger partial charge is 0.490 e. The number of carbonyl (C=O) groups is 1. The summed E-state index contributed by atoms with van der Waals surface area (Å²) >= 11 is 0. The topological polar surface area (TPSA) is 77.8 Å². The van der Waals surface area contributed by atoms with Crippen molar-refractivity contribution in [2.45, 2.75) is 58.1 Å². The highest BCUT2D eigenvalue weighted by Gasteiger charge is 2.28. The molecule has 0 spiro atoms. The molecule has 6 heteroatoms. The zero-order valence-electron chi connectivity index (χ0n) is 14.7. The minimum atomic E-state index is -0.390. The molecule has 0 unspecified atom stereocenters. The maximum Gasteiger partial charge on any atom is 0.287 e.